The van der Waals surface area contributed by atoms with Crippen molar-refractivity contribution in [3.8, 4) is 5.75 Å². The number of amides is 1. The van der Waals surface area contributed by atoms with Gasteiger partial charge >= 0.3 is 0 Å². The number of aryl methyl sites for hydroxylation is 1. The van der Waals surface area contributed by atoms with Crippen molar-refractivity contribution in [1.82, 2.24) is 14.6 Å². The van der Waals surface area contributed by atoms with Crippen molar-refractivity contribution in [2.24, 2.45) is 0 Å². The number of fused-ring (bicyclic) bond motifs is 5. The molecule has 2 aromatic heterocycles. The second-order valence-electron chi connectivity index (χ2n) is 7.84. The Morgan fingerprint density at radius 3 is 2.75 bits per heavy atom. The summed E-state index contributed by atoms with van der Waals surface area (Å²) in [5.74, 6) is -1.47. The van der Waals surface area contributed by atoms with Crippen molar-refractivity contribution in [1.29, 1.82) is 0 Å². The minimum absolute atomic E-state index is 0.131. The SMILES string of the molecule is O=C1c2c(O)c(=O)ccn2N2CN1C/C=C\CCc1ccncc1[C@@H]2c1ccccc1F. The molecule has 0 aliphatic carbocycles. The van der Waals surface area contributed by atoms with Gasteiger partial charge in [-0.05, 0) is 30.5 Å². The third kappa shape index (κ3) is 3.24. The van der Waals surface area contributed by atoms with E-state index in [1.807, 2.05) is 18.2 Å². The van der Waals surface area contributed by atoms with Gasteiger partial charge in [-0.1, -0.05) is 30.4 Å². The van der Waals surface area contributed by atoms with Crippen molar-refractivity contribution >= 4 is 5.91 Å². The molecule has 0 radical (unpaired) electrons. The maximum Gasteiger partial charge on any atom is 0.278 e. The zero-order chi connectivity index (χ0) is 22.2. The molecule has 0 fully saturated rings. The molecule has 1 amide bonds. The molecule has 8 heteroatoms. The van der Waals surface area contributed by atoms with Crippen molar-refractivity contribution in [2.75, 3.05) is 18.2 Å². The average molecular weight is 432 g/mol. The van der Waals surface area contributed by atoms with E-state index < -0.39 is 28.9 Å². The quantitative estimate of drug-likeness (QED) is 0.599. The Morgan fingerprint density at radius 2 is 1.91 bits per heavy atom. The highest BCUT2D eigenvalue weighted by atomic mass is 19.1. The fourth-order valence-electron chi connectivity index (χ4n) is 4.39. The van der Waals surface area contributed by atoms with Gasteiger partial charge in [-0.15, -0.1) is 0 Å². The summed E-state index contributed by atoms with van der Waals surface area (Å²) in [4.78, 5) is 31.2. The van der Waals surface area contributed by atoms with Gasteiger partial charge in [0.2, 0.25) is 5.43 Å². The first kappa shape index (κ1) is 20.0. The fraction of sp³-hybridized carbons (Fsp3) is 0.208. The van der Waals surface area contributed by atoms with Gasteiger partial charge in [0.25, 0.3) is 5.91 Å². The molecule has 0 unspecified atom stereocenters. The Hall–Kier alpha value is -3.94. The molecule has 3 aromatic rings. The number of carbonyl (C=O) groups is 1. The highest BCUT2D eigenvalue weighted by molar-refractivity contribution is 5.96. The molecule has 2 aliphatic rings. The Morgan fingerprint density at radius 1 is 1.06 bits per heavy atom. The van der Waals surface area contributed by atoms with Gasteiger partial charge in [-0.25, -0.2) is 4.39 Å². The number of nitrogens with zero attached hydrogens (tertiary/aromatic N) is 4. The maximum atomic E-state index is 15.1. The molecule has 1 atom stereocenters. The maximum absolute atomic E-state index is 15.1. The van der Waals surface area contributed by atoms with Crippen LogP contribution in [-0.4, -0.2) is 38.8 Å². The summed E-state index contributed by atoms with van der Waals surface area (Å²) in [6.07, 6.45) is 10.3. The van der Waals surface area contributed by atoms with E-state index in [1.165, 1.54) is 27.9 Å². The normalized spacial score (nSPS) is 19.0. The Bertz CT molecular complexity index is 1290. The van der Waals surface area contributed by atoms with Crippen LogP contribution in [0.15, 0.2) is 71.9 Å². The van der Waals surface area contributed by atoms with Crippen LogP contribution in [0.4, 0.5) is 4.39 Å². The van der Waals surface area contributed by atoms with Crippen LogP contribution in [-0.2, 0) is 6.42 Å². The highest BCUT2D eigenvalue weighted by Gasteiger charge is 2.37. The Balaban J connectivity index is 1.82. The van der Waals surface area contributed by atoms with E-state index in [2.05, 4.69) is 4.98 Å². The Labute approximate surface area is 183 Å². The predicted molar refractivity (Wildman–Crippen MR) is 116 cm³/mol. The van der Waals surface area contributed by atoms with Gasteiger partial charge in [0.1, 0.15) is 18.5 Å². The largest absolute Gasteiger partial charge is 0.502 e. The second-order valence-corrected chi connectivity index (χ2v) is 7.84. The molecular formula is C24H21FN4O3. The zero-order valence-electron chi connectivity index (χ0n) is 17.2. The van der Waals surface area contributed by atoms with Crippen LogP contribution >= 0.6 is 0 Å². The number of aromatic nitrogens is 2. The van der Waals surface area contributed by atoms with Gasteiger partial charge in [0.15, 0.2) is 11.4 Å². The number of hydrogen-bond acceptors (Lipinski definition) is 5. The van der Waals surface area contributed by atoms with E-state index in [0.717, 1.165) is 24.0 Å². The van der Waals surface area contributed by atoms with Crippen LogP contribution in [0, 0.1) is 5.82 Å². The molecule has 0 saturated carbocycles. The summed E-state index contributed by atoms with van der Waals surface area (Å²) >= 11 is 0. The van der Waals surface area contributed by atoms with E-state index in [-0.39, 0.29) is 12.4 Å². The molecule has 2 aliphatic heterocycles. The summed E-state index contributed by atoms with van der Waals surface area (Å²) in [6, 6.07) is 8.97. The molecular weight excluding hydrogens is 411 g/mol. The van der Waals surface area contributed by atoms with Crippen molar-refractivity contribution in [2.45, 2.75) is 18.9 Å². The number of pyridine rings is 2. The first-order chi connectivity index (χ1) is 15.6. The van der Waals surface area contributed by atoms with E-state index in [9.17, 15) is 14.7 Å². The molecule has 2 bridgehead atoms. The standard InChI is InChI=1S/C24H21FN4O3/c25-19-8-4-3-7-17(19)21-18-14-26-11-9-16(18)6-2-1-5-12-27-15-29(21)28-13-10-20(30)23(31)22(28)24(27)32/h1,3-5,7-11,13-14,21,31H,2,6,12,15H2/b5-1-/t21-/m0/s1. The van der Waals surface area contributed by atoms with Crippen LogP contribution in [0.5, 0.6) is 5.75 Å². The number of carbonyl (C=O) groups excluding carboxylic acids is 1. The summed E-state index contributed by atoms with van der Waals surface area (Å²) < 4.78 is 16.6. The molecule has 162 valence electrons. The van der Waals surface area contributed by atoms with E-state index in [4.69, 9.17) is 0 Å². The summed E-state index contributed by atoms with van der Waals surface area (Å²) in [5, 5.41) is 12.3. The van der Waals surface area contributed by atoms with Crippen LogP contribution < -0.4 is 10.4 Å². The van der Waals surface area contributed by atoms with Crippen LogP contribution in [0.1, 0.15) is 39.6 Å². The minimum atomic E-state index is -0.644. The highest BCUT2D eigenvalue weighted by Crippen LogP contribution is 2.35. The molecule has 1 N–H and O–H groups in total. The van der Waals surface area contributed by atoms with Crippen LogP contribution in [0.3, 0.4) is 0 Å². The first-order valence-electron chi connectivity index (χ1n) is 10.4. The number of allylic oxidation sites excluding steroid dienone is 1. The van der Waals surface area contributed by atoms with Crippen LogP contribution in [0.25, 0.3) is 0 Å². The van der Waals surface area contributed by atoms with Gasteiger partial charge in [-0.3, -0.25) is 24.3 Å². The lowest BCUT2D eigenvalue weighted by Gasteiger charge is -2.44. The minimum Gasteiger partial charge on any atom is -0.502 e. The summed E-state index contributed by atoms with van der Waals surface area (Å²) in [7, 11) is 0. The molecule has 7 nitrogen and oxygen atoms in total. The molecule has 1 aromatic carbocycles. The van der Waals surface area contributed by atoms with Crippen molar-refractivity contribution < 1.29 is 14.3 Å². The van der Waals surface area contributed by atoms with Crippen molar-refractivity contribution in [3.05, 3.63) is 106 Å². The molecule has 4 heterocycles. The summed E-state index contributed by atoms with van der Waals surface area (Å²) in [5.41, 5.74) is 1.44. The zero-order valence-corrected chi connectivity index (χ0v) is 17.2. The number of aromatic hydroxyl groups is 1. The lowest BCUT2D eigenvalue weighted by Crippen LogP contribution is -2.55. The third-order valence-corrected chi connectivity index (χ3v) is 5.95. The first-order valence-corrected chi connectivity index (χ1v) is 10.4. The average Bonchev–Trinajstić information content (AvgIpc) is 2.82. The second kappa shape index (κ2) is 7.96. The topological polar surface area (TPSA) is 78.7 Å². The number of hydrogen-bond donors (Lipinski definition) is 1. The lowest BCUT2D eigenvalue weighted by atomic mass is 9.93. The van der Waals surface area contributed by atoms with E-state index in [0.29, 0.717) is 12.1 Å². The molecule has 32 heavy (non-hydrogen) atoms. The molecule has 5 rings (SSSR count). The van der Waals surface area contributed by atoms with E-state index in [1.54, 1.807) is 35.6 Å². The van der Waals surface area contributed by atoms with Gasteiger partial charge in [0.05, 0.1) is 0 Å². The van der Waals surface area contributed by atoms with E-state index >= 15 is 4.39 Å². The fourth-order valence-corrected chi connectivity index (χ4v) is 4.39. The van der Waals surface area contributed by atoms with Crippen molar-refractivity contribution in [3.63, 3.8) is 0 Å². The third-order valence-electron chi connectivity index (χ3n) is 5.95. The monoisotopic (exact) mass is 432 g/mol. The van der Waals surface area contributed by atoms with Crippen LogP contribution in [0.2, 0.25) is 0 Å². The lowest BCUT2D eigenvalue weighted by molar-refractivity contribution is 0.0701. The van der Waals surface area contributed by atoms with Gasteiger partial charge in [-0.2, -0.15) is 0 Å². The van der Waals surface area contributed by atoms with Gasteiger partial charge < -0.3 is 10.0 Å². The number of rotatable bonds is 1. The number of benzene rings is 1. The Kier molecular flexibility index (Phi) is 4.97. The smallest absolute Gasteiger partial charge is 0.278 e. The van der Waals surface area contributed by atoms with Gasteiger partial charge in [0, 0.05) is 42.3 Å². The predicted octanol–water partition coefficient (Wildman–Crippen LogP) is 2.73. The molecule has 0 saturated heterocycles. The summed E-state index contributed by atoms with van der Waals surface area (Å²) in [6.45, 7) is 0.433. The molecule has 0 spiro atoms. The number of halogens is 1.